The van der Waals surface area contributed by atoms with Crippen molar-refractivity contribution in [3.63, 3.8) is 0 Å². The van der Waals surface area contributed by atoms with Gasteiger partial charge in [-0.25, -0.2) is 13.1 Å². The third-order valence-corrected chi connectivity index (χ3v) is 5.52. The molecule has 4 nitrogen and oxygen atoms in total. The summed E-state index contributed by atoms with van der Waals surface area (Å²) in [6, 6.07) is 7.61. The van der Waals surface area contributed by atoms with Crippen molar-refractivity contribution in [2.75, 3.05) is 6.54 Å². The Kier molecular flexibility index (Phi) is 5.41. The zero-order valence-corrected chi connectivity index (χ0v) is 13.9. The summed E-state index contributed by atoms with van der Waals surface area (Å²) in [5.41, 5.74) is 1.04. The summed E-state index contributed by atoms with van der Waals surface area (Å²) in [5, 5.41) is 3.46. The second-order valence-corrected chi connectivity index (χ2v) is 7.64. The molecule has 118 valence electrons. The number of hydrogen-bond acceptors (Lipinski definition) is 3. The van der Waals surface area contributed by atoms with Crippen LogP contribution in [0, 0.1) is 5.92 Å². The van der Waals surface area contributed by atoms with Crippen molar-refractivity contribution < 1.29 is 8.42 Å². The molecule has 5 heteroatoms. The summed E-state index contributed by atoms with van der Waals surface area (Å²) in [6.45, 7) is 7.23. The maximum atomic E-state index is 12.4. The molecule has 2 rings (SSSR count). The average Bonchev–Trinajstić information content (AvgIpc) is 3.14. The van der Waals surface area contributed by atoms with Gasteiger partial charge in [-0.15, -0.1) is 0 Å². The maximum absolute atomic E-state index is 12.4. The zero-order chi connectivity index (χ0) is 15.5. The topological polar surface area (TPSA) is 58.2 Å². The Bertz CT molecular complexity index is 571. The first-order valence-electron chi connectivity index (χ1n) is 7.83. The normalized spacial score (nSPS) is 23.0. The van der Waals surface area contributed by atoms with Crippen LogP contribution in [-0.2, 0) is 10.0 Å². The molecule has 3 unspecified atom stereocenters. The van der Waals surface area contributed by atoms with Crippen molar-refractivity contribution in [2.45, 2.75) is 57.0 Å². The molecule has 0 heterocycles. The molecule has 0 aliphatic heterocycles. The SMILES string of the molecule is CCCNC(CC)c1cccc(S(=O)(=O)NC2CC2C)c1. The quantitative estimate of drug-likeness (QED) is 0.776. The molecule has 1 fully saturated rings. The second kappa shape index (κ2) is 6.90. The summed E-state index contributed by atoms with van der Waals surface area (Å²) in [5.74, 6) is 0.456. The van der Waals surface area contributed by atoms with E-state index in [1.54, 1.807) is 12.1 Å². The van der Waals surface area contributed by atoms with Crippen molar-refractivity contribution >= 4 is 10.0 Å². The van der Waals surface area contributed by atoms with Gasteiger partial charge >= 0.3 is 0 Å². The molecular weight excluding hydrogens is 284 g/mol. The van der Waals surface area contributed by atoms with Crippen molar-refractivity contribution in [2.24, 2.45) is 5.92 Å². The summed E-state index contributed by atoms with van der Waals surface area (Å²) < 4.78 is 27.5. The van der Waals surface area contributed by atoms with E-state index < -0.39 is 10.0 Å². The fourth-order valence-corrected chi connectivity index (χ4v) is 3.88. The van der Waals surface area contributed by atoms with Crippen molar-refractivity contribution in [3.05, 3.63) is 29.8 Å². The smallest absolute Gasteiger partial charge is 0.240 e. The second-order valence-electron chi connectivity index (χ2n) is 5.93. The molecular formula is C16H26N2O2S. The minimum Gasteiger partial charge on any atom is -0.310 e. The van der Waals surface area contributed by atoms with Gasteiger partial charge in [-0.1, -0.05) is 32.9 Å². The molecule has 1 saturated carbocycles. The van der Waals surface area contributed by atoms with E-state index >= 15 is 0 Å². The molecule has 0 saturated heterocycles. The Morgan fingerprint density at radius 2 is 2.05 bits per heavy atom. The highest BCUT2D eigenvalue weighted by Crippen LogP contribution is 2.31. The number of sulfonamides is 1. The predicted octanol–water partition coefficient (Wildman–Crippen LogP) is 2.82. The Labute approximate surface area is 128 Å². The fraction of sp³-hybridized carbons (Fsp3) is 0.625. The van der Waals surface area contributed by atoms with Crippen LogP contribution in [0.5, 0.6) is 0 Å². The largest absolute Gasteiger partial charge is 0.310 e. The Morgan fingerprint density at radius 3 is 2.62 bits per heavy atom. The summed E-state index contributed by atoms with van der Waals surface area (Å²) in [7, 11) is -3.39. The first-order valence-corrected chi connectivity index (χ1v) is 9.32. The van der Waals surface area contributed by atoms with E-state index in [4.69, 9.17) is 0 Å². The van der Waals surface area contributed by atoms with Crippen LogP contribution in [-0.4, -0.2) is 21.0 Å². The van der Waals surface area contributed by atoms with Crippen LogP contribution in [0.1, 0.15) is 51.6 Å². The van der Waals surface area contributed by atoms with Gasteiger partial charge in [0.15, 0.2) is 0 Å². The lowest BCUT2D eigenvalue weighted by molar-refractivity contribution is 0.517. The number of rotatable bonds is 8. The van der Waals surface area contributed by atoms with E-state index in [1.807, 2.05) is 12.1 Å². The summed E-state index contributed by atoms with van der Waals surface area (Å²) in [4.78, 5) is 0.371. The van der Waals surface area contributed by atoms with Gasteiger partial charge in [0.25, 0.3) is 0 Å². The maximum Gasteiger partial charge on any atom is 0.240 e. The molecule has 21 heavy (non-hydrogen) atoms. The minimum absolute atomic E-state index is 0.110. The highest BCUT2D eigenvalue weighted by atomic mass is 32.2. The third-order valence-electron chi connectivity index (χ3n) is 4.04. The molecule has 0 amide bonds. The van der Waals surface area contributed by atoms with Crippen molar-refractivity contribution in [1.82, 2.24) is 10.0 Å². The van der Waals surface area contributed by atoms with Gasteiger partial charge in [-0.05, 0) is 49.4 Å². The molecule has 2 N–H and O–H groups in total. The molecule has 1 aliphatic carbocycles. The van der Waals surface area contributed by atoms with E-state index in [2.05, 4.69) is 30.8 Å². The van der Waals surface area contributed by atoms with Gasteiger partial charge in [-0.2, -0.15) is 0 Å². The fourth-order valence-electron chi connectivity index (χ4n) is 2.47. The van der Waals surface area contributed by atoms with Gasteiger partial charge in [0.05, 0.1) is 4.90 Å². The number of benzene rings is 1. The first kappa shape index (κ1) is 16.5. The van der Waals surface area contributed by atoms with E-state index in [0.29, 0.717) is 10.8 Å². The van der Waals surface area contributed by atoms with E-state index in [1.165, 1.54) is 0 Å². The van der Waals surface area contributed by atoms with Crippen LogP contribution in [0.3, 0.4) is 0 Å². The number of nitrogens with one attached hydrogen (secondary N) is 2. The van der Waals surface area contributed by atoms with Gasteiger partial charge in [0.1, 0.15) is 0 Å². The van der Waals surface area contributed by atoms with Gasteiger partial charge < -0.3 is 5.32 Å². The zero-order valence-electron chi connectivity index (χ0n) is 13.1. The Morgan fingerprint density at radius 1 is 1.33 bits per heavy atom. The Balaban J connectivity index is 2.16. The van der Waals surface area contributed by atoms with Crippen LogP contribution >= 0.6 is 0 Å². The lowest BCUT2D eigenvalue weighted by atomic mass is 10.0. The van der Waals surface area contributed by atoms with Gasteiger partial charge in [0.2, 0.25) is 10.0 Å². The lowest BCUT2D eigenvalue weighted by Crippen LogP contribution is -2.27. The summed E-state index contributed by atoms with van der Waals surface area (Å²) in [6.07, 6.45) is 2.95. The van der Waals surface area contributed by atoms with E-state index in [-0.39, 0.29) is 12.1 Å². The van der Waals surface area contributed by atoms with Crippen molar-refractivity contribution in [3.8, 4) is 0 Å². The predicted molar refractivity (Wildman–Crippen MR) is 85.7 cm³/mol. The first-order chi connectivity index (χ1) is 9.97. The highest BCUT2D eigenvalue weighted by molar-refractivity contribution is 7.89. The monoisotopic (exact) mass is 310 g/mol. The molecule has 3 atom stereocenters. The van der Waals surface area contributed by atoms with Crippen molar-refractivity contribution in [1.29, 1.82) is 0 Å². The molecule has 0 spiro atoms. The third kappa shape index (κ3) is 4.28. The lowest BCUT2D eigenvalue weighted by Gasteiger charge is -2.18. The molecule has 0 bridgehead atoms. The van der Waals surface area contributed by atoms with Gasteiger partial charge in [-0.3, -0.25) is 0 Å². The van der Waals surface area contributed by atoms with Crippen LogP contribution < -0.4 is 10.0 Å². The molecule has 0 radical (unpaired) electrons. The summed E-state index contributed by atoms with van der Waals surface area (Å²) >= 11 is 0. The minimum atomic E-state index is -3.39. The molecule has 1 aromatic rings. The number of hydrogen-bond donors (Lipinski definition) is 2. The Hall–Kier alpha value is -0.910. The van der Waals surface area contributed by atoms with E-state index in [0.717, 1.165) is 31.4 Å². The van der Waals surface area contributed by atoms with E-state index in [9.17, 15) is 8.42 Å². The molecule has 0 aromatic heterocycles. The van der Waals surface area contributed by atoms with Gasteiger partial charge in [0, 0.05) is 12.1 Å². The van der Waals surface area contributed by atoms with Crippen LogP contribution in [0.2, 0.25) is 0 Å². The molecule has 1 aromatic carbocycles. The highest BCUT2D eigenvalue weighted by Gasteiger charge is 2.36. The standard InChI is InChI=1S/C16H26N2O2S/c1-4-9-17-15(5-2)13-7-6-8-14(11-13)21(19,20)18-16-10-12(16)3/h6-8,11-12,15-18H,4-5,9-10H2,1-3H3. The van der Waals surface area contributed by atoms with Crippen LogP contribution in [0.25, 0.3) is 0 Å². The molecule has 1 aliphatic rings. The van der Waals surface area contributed by atoms with Crippen LogP contribution in [0.15, 0.2) is 29.2 Å². The average molecular weight is 310 g/mol. The van der Waals surface area contributed by atoms with Crippen LogP contribution in [0.4, 0.5) is 0 Å².